The molecule has 0 heterocycles. The zero-order valence-corrected chi connectivity index (χ0v) is 9.62. The van der Waals surface area contributed by atoms with Gasteiger partial charge in [-0.1, -0.05) is 13.0 Å². The molecule has 0 aliphatic carbocycles. The summed E-state index contributed by atoms with van der Waals surface area (Å²) in [7, 11) is 1.64. The highest BCUT2D eigenvalue weighted by molar-refractivity contribution is 5.48. The molecule has 84 valence electrons. The Kier molecular flexibility index (Phi) is 4.43. The van der Waals surface area contributed by atoms with Crippen LogP contribution in [0.4, 0.5) is 5.69 Å². The highest BCUT2D eigenvalue weighted by Crippen LogP contribution is 2.22. The van der Waals surface area contributed by atoms with Crippen molar-refractivity contribution >= 4 is 5.69 Å². The Balaban J connectivity index is 2.67. The van der Waals surface area contributed by atoms with Crippen LogP contribution in [0.5, 0.6) is 5.75 Å². The predicted molar refractivity (Wildman–Crippen MR) is 61.9 cm³/mol. The van der Waals surface area contributed by atoms with Crippen molar-refractivity contribution in [3.63, 3.8) is 0 Å². The Morgan fingerprint density at radius 2 is 2.13 bits per heavy atom. The quantitative estimate of drug-likeness (QED) is 0.758. The van der Waals surface area contributed by atoms with Gasteiger partial charge < -0.3 is 15.2 Å². The van der Waals surface area contributed by atoms with E-state index in [1.807, 2.05) is 18.2 Å². The fourth-order valence-electron chi connectivity index (χ4n) is 1.23. The molecule has 2 N–H and O–H groups in total. The van der Waals surface area contributed by atoms with Crippen LogP contribution in [-0.2, 0) is 11.3 Å². The van der Waals surface area contributed by atoms with E-state index in [2.05, 4.69) is 13.8 Å². The molecular formula is C12H19NO2. The number of nitrogens with two attached hydrogens (primary N) is 1. The molecule has 1 atom stereocenters. The van der Waals surface area contributed by atoms with Gasteiger partial charge in [-0.2, -0.15) is 0 Å². The van der Waals surface area contributed by atoms with Gasteiger partial charge >= 0.3 is 0 Å². The number of hydrogen-bond donors (Lipinski definition) is 1. The fourth-order valence-corrected chi connectivity index (χ4v) is 1.23. The Hall–Kier alpha value is -1.22. The first-order chi connectivity index (χ1) is 7.17. The molecule has 0 aromatic heterocycles. The highest BCUT2D eigenvalue weighted by Gasteiger charge is 2.05. The number of methoxy groups -OCH3 is 1. The third-order valence-electron chi connectivity index (χ3n) is 2.41. The normalized spacial score (nSPS) is 12.5. The van der Waals surface area contributed by atoms with Gasteiger partial charge in [0, 0.05) is 17.3 Å². The van der Waals surface area contributed by atoms with Crippen LogP contribution in [0.3, 0.4) is 0 Å². The molecular weight excluding hydrogens is 190 g/mol. The lowest BCUT2D eigenvalue weighted by atomic mass is 10.2. The van der Waals surface area contributed by atoms with Crippen molar-refractivity contribution in [2.45, 2.75) is 33.0 Å². The van der Waals surface area contributed by atoms with E-state index >= 15 is 0 Å². The SMILES string of the molecule is CC[C@H](C)OCc1ccc(N)cc1OC. The second-order valence-corrected chi connectivity index (χ2v) is 3.60. The molecule has 3 heteroatoms. The summed E-state index contributed by atoms with van der Waals surface area (Å²) in [5.41, 5.74) is 7.41. The van der Waals surface area contributed by atoms with E-state index in [0.29, 0.717) is 12.3 Å². The maximum atomic E-state index is 5.66. The minimum atomic E-state index is 0.271. The molecule has 1 aromatic rings. The molecule has 1 rings (SSSR count). The Bertz CT molecular complexity index is 312. The van der Waals surface area contributed by atoms with E-state index in [4.69, 9.17) is 15.2 Å². The number of anilines is 1. The van der Waals surface area contributed by atoms with Gasteiger partial charge in [0.1, 0.15) is 5.75 Å². The van der Waals surface area contributed by atoms with Gasteiger partial charge in [0.2, 0.25) is 0 Å². The minimum absolute atomic E-state index is 0.271. The summed E-state index contributed by atoms with van der Waals surface area (Å²) < 4.78 is 10.9. The lowest BCUT2D eigenvalue weighted by Gasteiger charge is -2.13. The van der Waals surface area contributed by atoms with Crippen LogP contribution in [0.25, 0.3) is 0 Å². The Morgan fingerprint density at radius 1 is 1.40 bits per heavy atom. The molecule has 15 heavy (non-hydrogen) atoms. The van der Waals surface area contributed by atoms with Crippen LogP contribution < -0.4 is 10.5 Å². The molecule has 0 unspecified atom stereocenters. The van der Waals surface area contributed by atoms with Crippen LogP contribution in [0.2, 0.25) is 0 Å². The fraction of sp³-hybridized carbons (Fsp3) is 0.500. The van der Waals surface area contributed by atoms with E-state index in [-0.39, 0.29) is 6.10 Å². The number of hydrogen-bond acceptors (Lipinski definition) is 3. The molecule has 0 saturated heterocycles. The van der Waals surface area contributed by atoms with Crippen LogP contribution in [0.1, 0.15) is 25.8 Å². The lowest BCUT2D eigenvalue weighted by molar-refractivity contribution is 0.0497. The first-order valence-electron chi connectivity index (χ1n) is 5.21. The molecule has 0 saturated carbocycles. The summed E-state index contributed by atoms with van der Waals surface area (Å²) in [4.78, 5) is 0. The minimum Gasteiger partial charge on any atom is -0.496 e. The number of ether oxygens (including phenoxy) is 2. The van der Waals surface area contributed by atoms with Crippen molar-refractivity contribution in [1.82, 2.24) is 0 Å². The van der Waals surface area contributed by atoms with Crippen molar-refractivity contribution in [3.8, 4) is 5.75 Å². The molecule has 0 amide bonds. The van der Waals surface area contributed by atoms with Crippen LogP contribution in [0, 0.1) is 0 Å². The molecule has 3 nitrogen and oxygen atoms in total. The Labute approximate surface area is 91.2 Å². The van der Waals surface area contributed by atoms with Crippen molar-refractivity contribution in [1.29, 1.82) is 0 Å². The number of benzene rings is 1. The van der Waals surface area contributed by atoms with Gasteiger partial charge in [0.05, 0.1) is 19.8 Å². The van der Waals surface area contributed by atoms with Crippen LogP contribution >= 0.6 is 0 Å². The summed E-state index contributed by atoms with van der Waals surface area (Å²) in [6.45, 7) is 4.73. The van der Waals surface area contributed by atoms with E-state index < -0.39 is 0 Å². The van der Waals surface area contributed by atoms with Crippen molar-refractivity contribution < 1.29 is 9.47 Å². The summed E-state index contributed by atoms with van der Waals surface area (Å²) >= 11 is 0. The summed E-state index contributed by atoms with van der Waals surface area (Å²) in [5, 5.41) is 0. The summed E-state index contributed by atoms with van der Waals surface area (Å²) in [6.07, 6.45) is 1.28. The highest BCUT2D eigenvalue weighted by atomic mass is 16.5. The maximum Gasteiger partial charge on any atom is 0.126 e. The molecule has 0 fully saturated rings. The smallest absolute Gasteiger partial charge is 0.126 e. The summed E-state index contributed by atoms with van der Waals surface area (Å²) in [6, 6.07) is 5.61. The average Bonchev–Trinajstić information content (AvgIpc) is 2.26. The van der Waals surface area contributed by atoms with E-state index in [1.165, 1.54) is 0 Å². The van der Waals surface area contributed by atoms with Gasteiger partial charge in [0.15, 0.2) is 0 Å². The largest absolute Gasteiger partial charge is 0.496 e. The van der Waals surface area contributed by atoms with Crippen molar-refractivity contribution in [3.05, 3.63) is 23.8 Å². The van der Waals surface area contributed by atoms with Gasteiger partial charge in [0.25, 0.3) is 0 Å². The number of rotatable bonds is 5. The molecule has 0 aliphatic heterocycles. The predicted octanol–water partition coefficient (Wildman–Crippen LogP) is 2.59. The number of nitrogen functional groups attached to an aromatic ring is 1. The first-order valence-corrected chi connectivity index (χ1v) is 5.21. The third-order valence-corrected chi connectivity index (χ3v) is 2.41. The second-order valence-electron chi connectivity index (χ2n) is 3.60. The van der Waals surface area contributed by atoms with Gasteiger partial charge in [-0.15, -0.1) is 0 Å². The zero-order valence-electron chi connectivity index (χ0n) is 9.62. The zero-order chi connectivity index (χ0) is 11.3. The molecule has 0 spiro atoms. The second kappa shape index (κ2) is 5.61. The molecule has 0 aliphatic rings. The lowest BCUT2D eigenvalue weighted by Crippen LogP contribution is -2.07. The van der Waals surface area contributed by atoms with Crippen molar-refractivity contribution in [2.24, 2.45) is 0 Å². The monoisotopic (exact) mass is 209 g/mol. The molecule has 1 aromatic carbocycles. The summed E-state index contributed by atoms with van der Waals surface area (Å²) in [5.74, 6) is 0.790. The first kappa shape index (κ1) is 11.9. The molecule has 0 radical (unpaired) electrons. The van der Waals surface area contributed by atoms with E-state index in [0.717, 1.165) is 17.7 Å². The Morgan fingerprint density at radius 3 is 2.73 bits per heavy atom. The van der Waals surface area contributed by atoms with Gasteiger partial charge in [-0.25, -0.2) is 0 Å². The van der Waals surface area contributed by atoms with Gasteiger partial charge in [-0.3, -0.25) is 0 Å². The van der Waals surface area contributed by atoms with Gasteiger partial charge in [-0.05, 0) is 19.4 Å². The topological polar surface area (TPSA) is 44.5 Å². The standard InChI is InChI=1S/C12H19NO2/c1-4-9(2)15-8-10-5-6-11(13)7-12(10)14-3/h5-7,9H,4,8,13H2,1-3H3/t9-/m0/s1. The average molecular weight is 209 g/mol. The maximum absolute atomic E-state index is 5.66. The molecule has 0 bridgehead atoms. The van der Waals surface area contributed by atoms with Crippen LogP contribution in [-0.4, -0.2) is 13.2 Å². The van der Waals surface area contributed by atoms with Crippen molar-refractivity contribution in [2.75, 3.05) is 12.8 Å². The van der Waals surface area contributed by atoms with Crippen LogP contribution in [0.15, 0.2) is 18.2 Å². The van der Waals surface area contributed by atoms with E-state index in [9.17, 15) is 0 Å². The van der Waals surface area contributed by atoms with E-state index in [1.54, 1.807) is 7.11 Å². The third kappa shape index (κ3) is 3.44.